The van der Waals surface area contributed by atoms with E-state index in [1.807, 2.05) is 9.80 Å². The third-order valence-corrected chi connectivity index (χ3v) is 7.46. The van der Waals surface area contributed by atoms with Crippen LogP contribution in [0.1, 0.15) is 32.6 Å². The lowest BCUT2D eigenvalue weighted by atomic mass is 9.98. The van der Waals surface area contributed by atoms with Gasteiger partial charge in [0.25, 0.3) is 0 Å². The third kappa shape index (κ3) is 2.26. The summed E-state index contributed by atoms with van der Waals surface area (Å²) in [6.07, 6.45) is 3.70. The number of rotatable bonds is 1. The number of fused-ring (bicyclic) bond motifs is 2. The highest BCUT2D eigenvalue weighted by atomic mass is 35.5. The van der Waals surface area contributed by atoms with Gasteiger partial charge in [0.05, 0.1) is 4.87 Å². The number of carbonyl (C=O) groups is 2. The molecule has 7 heteroatoms. The molecule has 3 aliphatic heterocycles. The predicted molar refractivity (Wildman–Crippen MR) is 88.7 cm³/mol. The summed E-state index contributed by atoms with van der Waals surface area (Å²) in [6, 6.07) is 0.00879. The molecule has 0 bridgehead atoms. The predicted octanol–water partition coefficient (Wildman–Crippen LogP) is 1.06. The van der Waals surface area contributed by atoms with Crippen molar-refractivity contribution < 1.29 is 9.59 Å². The van der Waals surface area contributed by atoms with E-state index in [9.17, 15) is 9.59 Å². The van der Waals surface area contributed by atoms with Gasteiger partial charge in [0.15, 0.2) is 0 Å². The molecule has 124 valence electrons. The second-order valence-electron chi connectivity index (χ2n) is 7.17. The lowest BCUT2D eigenvalue weighted by Crippen LogP contribution is -2.51. The van der Waals surface area contributed by atoms with E-state index in [1.54, 1.807) is 11.8 Å². The quantitative estimate of drug-likeness (QED) is 0.771. The molecule has 5 unspecified atom stereocenters. The molecule has 3 saturated heterocycles. The van der Waals surface area contributed by atoms with Crippen LogP contribution in [0.2, 0.25) is 0 Å². The maximum absolute atomic E-state index is 12.9. The molecular formula is C15H24ClN3O2S. The lowest BCUT2D eigenvalue weighted by Gasteiger charge is -2.32. The van der Waals surface area contributed by atoms with Gasteiger partial charge in [-0.1, -0.05) is 0 Å². The molecule has 5 nitrogen and oxygen atoms in total. The highest BCUT2D eigenvalue weighted by molar-refractivity contribution is 8.01. The van der Waals surface area contributed by atoms with Gasteiger partial charge in [-0.25, -0.2) is 0 Å². The Morgan fingerprint density at radius 2 is 2.14 bits per heavy atom. The van der Waals surface area contributed by atoms with Gasteiger partial charge >= 0.3 is 0 Å². The van der Waals surface area contributed by atoms with Gasteiger partial charge < -0.3 is 15.5 Å². The van der Waals surface area contributed by atoms with Crippen LogP contribution in [0.3, 0.4) is 0 Å². The van der Waals surface area contributed by atoms with Crippen LogP contribution in [0, 0.1) is 11.8 Å². The van der Waals surface area contributed by atoms with Crippen molar-refractivity contribution in [3.63, 3.8) is 0 Å². The minimum atomic E-state index is -0.245. The van der Waals surface area contributed by atoms with Gasteiger partial charge in [-0.05, 0) is 38.0 Å². The molecular weight excluding hydrogens is 322 g/mol. The zero-order valence-electron chi connectivity index (χ0n) is 12.9. The summed E-state index contributed by atoms with van der Waals surface area (Å²) in [5.41, 5.74) is 6.16. The van der Waals surface area contributed by atoms with Crippen molar-refractivity contribution in [2.45, 2.75) is 49.6 Å². The summed E-state index contributed by atoms with van der Waals surface area (Å²) in [7, 11) is 0. The van der Waals surface area contributed by atoms with Crippen LogP contribution in [0.25, 0.3) is 0 Å². The molecule has 1 saturated carbocycles. The number of nitrogens with two attached hydrogens (primary N) is 1. The van der Waals surface area contributed by atoms with Crippen LogP contribution in [0.5, 0.6) is 0 Å². The number of halogens is 1. The largest absolute Gasteiger partial charge is 0.340 e. The van der Waals surface area contributed by atoms with Gasteiger partial charge in [0.2, 0.25) is 11.8 Å². The highest BCUT2D eigenvalue weighted by Gasteiger charge is 2.54. The molecule has 0 aromatic rings. The fourth-order valence-corrected chi connectivity index (χ4v) is 6.12. The molecule has 4 aliphatic rings. The molecule has 4 fully saturated rings. The second kappa shape index (κ2) is 5.56. The van der Waals surface area contributed by atoms with Crippen LogP contribution in [-0.2, 0) is 9.59 Å². The van der Waals surface area contributed by atoms with E-state index in [4.69, 9.17) is 5.73 Å². The van der Waals surface area contributed by atoms with E-state index in [2.05, 4.69) is 6.92 Å². The van der Waals surface area contributed by atoms with Crippen molar-refractivity contribution >= 4 is 36.0 Å². The number of nitrogens with zero attached hydrogens (tertiary/aromatic N) is 2. The maximum Gasteiger partial charge on any atom is 0.246 e. The van der Waals surface area contributed by atoms with E-state index in [1.165, 1.54) is 0 Å². The minimum absolute atomic E-state index is 0. The fraction of sp³-hybridized carbons (Fsp3) is 0.867. The molecule has 5 atom stereocenters. The number of thioether (sulfide) groups is 1. The average molecular weight is 346 g/mol. The summed E-state index contributed by atoms with van der Waals surface area (Å²) < 4.78 is 0. The Hall–Kier alpha value is -0.460. The van der Waals surface area contributed by atoms with Crippen LogP contribution in [0.15, 0.2) is 0 Å². The third-order valence-electron chi connectivity index (χ3n) is 5.95. The zero-order chi connectivity index (χ0) is 14.8. The van der Waals surface area contributed by atoms with Crippen molar-refractivity contribution in [3.05, 3.63) is 0 Å². The second-order valence-corrected chi connectivity index (χ2v) is 8.68. The lowest BCUT2D eigenvalue weighted by molar-refractivity contribution is -0.143. The molecule has 0 radical (unpaired) electrons. The molecule has 0 spiro atoms. The summed E-state index contributed by atoms with van der Waals surface area (Å²) in [5, 5.41) is 0. The van der Waals surface area contributed by atoms with Crippen LogP contribution in [0.4, 0.5) is 0 Å². The van der Waals surface area contributed by atoms with Gasteiger partial charge in [-0.3, -0.25) is 9.59 Å². The molecule has 1 aliphatic carbocycles. The number of amides is 2. The normalized spacial score (nSPS) is 43.3. The van der Waals surface area contributed by atoms with Gasteiger partial charge in [0.1, 0.15) is 6.04 Å². The van der Waals surface area contributed by atoms with Crippen LogP contribution < -0.4 is 5.73 Å². The first-order valence-corrected chi connectivity index (χ1v) is 8.99. The Balaban J connectivity index is 0.00000144. The Morgan fingerprint density at radius 3 is 2.86 bits per heavy atom. The standard InChI is InChI=1S/C15H23N3O2S.ClH/c1-15-5-4-13(19)18(15)12(8-21-15)14(20)17-6-9-2-3-11(16)10(9)7-17;/h9-12H,2-8,16H2,1H3;1H. The monoisotopic (exact) mass is 345 g/mol. The summed E-state index contributed by atoms with van der Waals surface area (Å²) >= 11 is 1.77. The summed E-state index contributed by atoms with van der Waals surface area (Å²) in [5.74, 6) is 2.11. The number of carbonyl (C=O) groups excluding carboxylic acids is 2. The zero-order valence-corrected chi connectivity index (χ0v) is 14.5. The number of hydrogen-bond donors (Lipinski definition) is 1. The van der Waals surface area contributed by atoms with Crippen molar-refractivity contribution in [1.82, 2.24) is 9.80 Å². The first kappa shape index (κ1) is 16.4. The van der Waals surface area contributed by atoms with E-state index in [0.717, 1.165) is 38.1 Å². The molecule has 4 rings (SSSR count). The van der Waals surface area contributed by atoms with E-state index < -0.39 is 0 Å². The highest BCUT2D eigenvalue weighted by Crippen LogP contribution is 2.48. The molecule has 2 N–H and O–H groups in total. The van der Waals surface area contributed by atoms with Crippen molar-refractivity contribution in [2.24, 2.45) is 17.6 Å². The first-order chi connectivity index (χ1) is 9.99. The van der Waals surface area contributed by atoms with Crippen LogP contribution >= 0.6 is 24.2 Å². The minimum Gasteiger partial charge on any atom is -0.340 e. The van der Waals surface area contributed by atoms with E-state index in [-0.39, 0.29) is 41.2 Å². The Morgan fingerprint density at radius 1 is 1.36 bits per heavy atom. The first-order valence-electron chi connectivity index (χ1n) is 8.00. The molecule has 22 heavy (non-hydrogen) atoms. The Kier molecular flexibility index (Phi) is 4.15. The smallest absolute Gasteiger partial charge is 0.246 e. The van der Waals surface area contributed by atoms with E-state index >= 15 is 0 Å². The van der Waals surface area contributed by atoms with Gasteiger partial charge in [0, 0.05) is 31.3 Å². The Bertz CT molecular complexity index is 505. The van der Waals surface area contributed by atoms with Crippen molar-refractivity contribution in [1.29, 1.82) is 0 Å². The molecule has 3 heterocycles. The molecule has 2 amide bonds. The van der Waals surface area contributed by atoms with Gasteiger partial charge in [-0.15, -0.1) is 24.2 Å². The summed E-state index contributed by atoms with van der Waals surface area (Å²) in [6.45, 7) is 3.74. The average Bonchev–Trinajstić information content (AvgIpc) is 3.15. The van der Waals surface area contributed by atoms with E-state index in [0.29, 0.717) is 18.3 Å². The maximum atomic E-state index is 12.9. The van der Waals surface area contributed by atoms with Gasteiger partial charge in [-0.2, -0.15) is 0 Å². The topological polar surface area (TPSA) is 66.6 Å². The summed E-state index contributed by atoms with van der Waals surface area (Å²) in [4.78, 5) is 28.8. The number of likely N-dealkylation sites (tertiary alicyclic amines) is 1. The Labute approximate surface area is 141 Å². The number of hydrogen-bond acceptors (Lipinski definition) is 4. The SMILES string of the molecule is CC12CCC(=O)N1C(C(=O)N1CC3CCC(N)C3C1)CS2.Cl. The van der Waals surface area contributed by atoms with Crippen molar-refractivity contribution in [2.75, 3.05) is 18.8 Å². The fourth-order valence-electron chi connectivity index (χ4n) is 4.70. The molecule has 0 aromatic heterocycles. The molecule has 0 aromatic carbocycles. The van der Waals surface area contributed by atoms with Crippen LogP contribution in [-0.4, -0.2) is 57.4 Å². The van der Waals surface area contributed by atoms with Crippen molar-refractivity contribution in [3.8, 4) is 0 Å².